The van der Waals surface area contributed by atoms with Gasteiger partial charge in [0.1, 0.15) is 0 Å². The number of rotatable bonds is 3. The molecule has 6 heteroatoms. The molecule has 24 heavy (non-hydrogen) atoms. The minimum atomic E-state index is -0.348. The Morgan fingerprint density at radius 2 is 1.79 bits per heavy atom. The zero-order valence-corrected chi connectivity index (χ0v) is 13.6. The second-order valence-electron chi connectivity index (χ2n) is 5.16. The normalized spacial score (nSPS) is 10.4. The van der Waals surface area contributed by atoms with Crippen molar-refractivity contribution in [3.8, 4) is 0 Å². The second-order valence-corrected chi connectivity index (χ2v) is 5.60. The predicted molar refractivity (Wildman–Crippen MR) is 92.6 cm³/mol. The van der Waals surface area contributed by atoms with E-state index in [0.717, 1.165) is 10.4 Å². The number of carbonyl (C=O) groups excluding carboxylic acids is 2. The number of halogens is 1. The Kier molecular flexibility index (Phi) is 4.44. The van der Waals surface area contributed by atoms with E-state index in [1.54, 1.807) is 31.3 Å². The third-order valence-electron chi connectivity index (χ3n) is 3.54. The summed E-state index contributed by atoms with van der Waals surface area (Å²) < 4.78 is 1.14. The lowest BCUT2D eigenvalue weighted by atomic mass is 10.2. The first-order valence-electron chi connectivity index (χ1n) is 7.25. The number of benzene rings is 2. The Morgan fingerprint density at radius 1 is 1.04 bits per heavy atom. The van der Waals surface area contributed by atoms with Crippen LogP contribution in [-0.4, -0.2) is 28.6 Å². The lowest BCUT2D eigenvalue weighted by molar-refractivity contribution is 0.0943. The summed E-state index contributed by atoms with van der Waals surface area (Å²) >= 11 is 5.90. The van der Waals surface area contributed by atoms with Gasteiger partial charge in [-0.3, -0.25) is 9.59 Å². The number of aromatic nitrogens is 2. The fourth-order valence-electron chi connectivity index (χ4n) is 2.25. The van der Waals surface area contributed by atoms with Crippen molar-refractivity contribution >= 4 is 29.1 Å². The monoisotopic (exact) mass is 339 g/mol. The van der Waals surface area contributed by atoms with E-state index in [2.05, 4.69) is 5.10 Å². The molecule has 3 aromatic rings. The largest absolute Gasteiger partial charge is 0.310 e. The molecule has 0 atom stereocenters. The SMILES string of the molecule is CN(C(=O)c1ccn(C(=O)c2cccc(Cl)c2)n1)c1ccccc1. The lowest BCUT2D eigenvalue weighted by Crippen LogP contribution is -2.27. The van der Waals surface area contributed by atoms with Crippen LogP contribution in [0.15, 0.2) is 66.9 Å². The van der Waals surface area contributed by atoms with E-state index >= 15 is 0 Å². The van der Waals surface area contributed by atoms with Crippen LogP contribution in [0.2, 0.25) is 5.02 Å². The van der Waals surface area contributed by atoms with Crippen molar-refractivity contribution in [1.29, 1.82) is 0 Å². The van der Waals surface area contributed by atoms with Crippen molar-refractivity contribution in [3.63, 3.8) is 0 Å². The summed E-state index contributed by atoms with van der Waals surface area (Å²) in [4.78, 5) is 26.4. The molecule has 0 unspecified atom stereocenters. The highest BCUT2D eigenvalue weighted by atomic mass is 35.5. The highest BCUT2D eigenvalue weighted by molar-refractivity contribution is 6.31. The van der Waals surface area contributed by atoms with Crippen LogP contribution in [-0.2, 0) is 0 Å². The van der Waals surface area contributed by atoms with E-state index in [1.165, 1.54) is 17.2 Å². The van der Waals surface area contributed by atoms with Crippen molar-refractivity contribution < 1.29 is 9.59 Å². The standard InChI is InChI=1S/C18H14ClN3O2/c1-21(15-8-3-2-4-9-15)18(24)16-10-11-22(20-16)17(23)13-6-5-7-14(19)12-13/h2-12H,1H3. The molecule has 0 saturated heterocycles. The first kappa shape index (κ1) is 16.0. The van der Waals surface area contributed by atoms with Crippen molar-refractivity contribution in [1.82, 2.24) is 9.78 Å². The van der Waals surface area contributed by atoms with Crippen LogP contribution in [0.4, 0.5) is 5.69 Å². The van der Waals surface area contributed by atoms with E-state index < -0.39 is 0 Å². The summed E-state index contributed by atoms with van der Waals surface area (Å²) in [5, 5.41) is 4.56. The van der Waals surface area contributed by atoms with E-state index in [0.29, 0.717) is 10.6 Å². The molecule has 0 aliphatic carbocycles. The Hall–Kier alpha value is -2.92. The molecule has 2 aromatic carbocycles. The number of hydrogen-bond donors (Lipinski definition) is 0. The third kappa shape index (κ3) is 3.21. The van der Waals surface area contributed by atoms with E-state index in [9.17, 15) is 9.59 Å². The molecule has 0 saturated carbocycles. The summed E-state index contributed by atoms with van der Waals surface area (Å²) in [6, 6.07) is 17.3. The molecule has 0 radical (unpaired) electrons. The molecule has 0 aliphatic heterocycles. The van der Waals surface area contributed by atoms with Gasteiger partial charge in [-0.2, -0.15) is 5.10 Å². The van der Waals surface area contributed by atoms with Crippen LogP contribution >= 0.6 is 11.6 Å². The molecule has 5 nitrogen and oxygen atoms in total. The summed E-state index contributed by atoms with van der Waals surface area (Å²) in [7, 11) is 1.66. The van der Waals surface area contributed by atoms with Gasteiger partial charge >= 0.3 is 0 Å². The van der Waals surface area contributed by atoms with Crippen LogP contribution in [0, 0.1) is 0 Å². The van der Waals surface area contributed by atoms with Gasteiger partial charge in [0.2, 0.25) is 0 Å². The molecule has 0 N–H and O–H groups in total. The minimum absolute atomic E-state index is 0.191. The molecule has 1 aromatic heterocycles. The Morgan fingerprint density at radius 3 is 2.50 bits per heavy atom. The third-order valence-corrected chi connectivity index (χ3v) is 3.77. The van der Waals surface area contributed by atoms with Gasteiger partial charge in [0.05, 0.1) is 0 Å². The average molecular weight is 340 g/mol. The maximum Gasteiger partial charge on any atom is 0.278 e. The first-order valence-corrected chi connectivity index (χ1v) is 7.63. The molecule has 120 valence electrons. The van der Waals surface area contributed by atoms with Gasteiger partial charge in [-0.1, -0.05) is 35.9 Å². The highest BCUT2D eigenvalue weighted by Gasteiger charge is 2.18. The molecule has 0 spiro atoms. The smallest absolute Gasteiger partial charge is 0.278 e. The molecule has 3 rings (SSSR count). The minimum Gasteiger partial charge on any atom is -0.310 e. The number of hydrogen-bond acceptors (Lipinski definition) is 3. The molecule has 0 fully saturated rings. The lowest BCUT2D eigenvalue weighted by Gasteiger charge is -2.15. The van der Waals surface area contributed by atoms with Gasteiger partial charge in [0.15, 0.2) is 5.69 Å². The predicted octanol–water partition coefficient (Wildman–Crippen LogP) is 3.50. The second kappa shape index (κ2) is 6.68. The van der Waals surface area contributed by atoms with Gasteiger partial charge in [0, 0.05) is 29.5 Å². The van der Waals surface area contributed by atoms with Crippen LogP contribution in [0.5, 0.6) is 0 Å². The van der Waals surface area contributed by atoms with Crippen molar-refractivity contribution in [2.75, 3.05) is 11.9 Å². The number of nitrogens with zero attached hydrogens (tertiary/aromatic N) is 3. The van der Waals surface area contributed by atoms with Gasteiger partial charge in [-0.05, 0) is 36.4 Å². The fraction of sp³-hybridized carbons (Fsp3) is 0.0556. The van der Waals surface area contributed by atoms with E-state index in [-0.39, 0.29) is 17.5 Å². The number of para-hydroxylation sites is 1. The van der Waals surface area contributed by atoms with Crippen molar-refractivity contribution in [2.24, 2.45) is 0 Å². The summed E-state index contributed by atoms with van der Waals surface area (Å²) in [6.07, 6.45) is 1.47. The summed E-state index contributed by atoms with van der Waals surface area (Å²) in [5.41, 5.74) is 1.34. The zero-order chi connectivity index (χ0) is 17.1. The van der Waals surface area contributed by atoms with Crippen molar-refractivity contribution in [2.45, 2.75) is 0 Å². The quantitative estimate of drug-likeness (QED) is 0.733. The molecule has 1 amide bonds. The molecule has 0 bridgehead atoms. The number of anilines is 1. The molecule has 1 heterocycles. The summed E-state index contributed by atoms with van der Waals surface area (Å²) in [6.45, 7) is 0. The number of amides is 1. The maximum atomic E-state index is 12.5. The molecular weight excluding hydrogens is 326 g/mol. The summed E-state index contributed by atoms with van der Waals surface area (Å²) in [5.74, 6) is -0.641. The van der Waals surface area contributed by atoms with Gasteiger partial charge in [0.25, 0.3) is 11.8 Å². The van der Waals surface area contributed by atoms with Gasteiger partial charge in [-0.25, -0.2) is 4.68 Å². The highest BCUT2D eigenvalue weighted by Crippen LogP contribution is 2.15. The Balaban J connectivity index is 1.83. The maximum absolute atomic E-state index is 12.5. The molecule has 0 aliphatic rings. The average Bonchev–Trinajstić information content (AvgIpc) is 3.10. The zero-order valence-electron chi connectivity index (χ0n) is 12.9. The Bertz CT molecular complexity index is 890. The van der Waals surface area contributed by atoms with Gasteiger partial charge in [-0.15, -0.1) is 0 Å². The van der Waals surface area contributed by atoms with Crippen LogP contribution in [0.25, 0.3) is 0 Å². The van der Waals surface area contributed by atoms with Crippen LogP contribution < -0.4 is 4.90 Å². The number of carbonyl (C=O) groups is 2. The fourth-order valence-corrected chi connectivity index (χ4v) is 2.44. The van der Waals surface area contributed by atoms with E-state index in [4.69, 9.17) is 11.6 Å². The van der Waals surface area contributed by atoms with Crippen LogP contribution in [0.3, 0.4) is 0 Å². The van der Waals surface area contributed by atoms with Crippen molar-refractivity contribution in [3.05, 3.63) is 83.1 Å². The molecular formula is C18H14ClN3O2. The Labute approximate surface area is 144 Å². The van der Waals surface area contributed by atoms with Crippen LogP contribution in [0.1, 0.15) is 20.8 Å². The van der Waals surface area contributed by atoms with E-state index in [1.807, 2.05) is 30.3 Å². The van der Waals surface area contributed by atoms with Gasteiger partial charge < -0.3 is 4.90 Å². The topological polar surface area (TPSA) is 55.2 Å². The first-order chi connectivity index (χ1) is 11.6.